The topological polar surface area (TPSA) is 79.4 Å². The Morgan fingerprint density at radius 1 is 1.31 bits per heavy atom. The van der Waals surface area contributed by atoms with Gasteiger partial charge in [0.15, 0.2) is 9.84 Å². The summed E-state index contributed by atoms with van der Waals surface area (Å²) in [7, 11) is -1.11. The number of pyridine rings is 1. The maximum Gasteiger partial charge on any atom is 0.253 e. The number of nitrogens with zero attached hydrogens (tertiary/aromatic N) is 2. The summed E-state index contributed by atoms with van der Waals surface area (Å²) in [5, 5.41) is 2.91. The predicted octanol–water partition coefficient (Wildman–Crippen LogP) is 1.94. The summed E-state index contributed by atoms with van der Waals surface area (Å²) < 4.78 is 23.4. The first-order valence-corrected chi connectivity index (χ1v) is 10.4. The quantitative estimate of drug-likeness (QED) is 0.866. The van der Waals surface area contributed by atoms with Crippen molar-refractivity contribution < 1.29 is 13.2 Å². The molecule has 1 aliphatic rings. The highest BCUT2D eigenvalue weighted by Crippen LogP contribution is 2.23. The molecule has 1 N–H and O–H groups in total. The first-order chi connectivity index (χ1) is 12.4. The zero-order chi connectivity index (χ0) is 18.7. The Labute approximate surface area is 154 Å². The van der Waals surface area contributed by atoms with Crippen LogP contribution in [0.2, 0.25) is 0 Å². The van der Waals surface area contributed by atoms with E-state index in [0.717, 1.165) is 16.8 Å². The molecule has 26 heavy (non-hydrogen) atoms. The van der Waals surface area contributed by atoms with Gasteiger partial charge in [0.2, 0.25) is 0 Å². The number of nitrogens with one attached hydrogen (secondary N) is 1. The molecule has 0 radical (unpaired) electrons. The van der Waals surface area contributed by atoms with E-state index in [1.54, 1.807) is 12.3 Å². The van der Waals surface area contributed by atoms with Gasteiger partial charge in [-0.15, -0.1) is 0 Å². The molecule has 7 heteroatoms. The summed E-state index contributed by atoms with van der Waals surface area (Å²) in [6.07, 6.45) is 3.78. The van der Waals surface area contributed by atoms with Crippen LogP contribution in [0.25, 0.3) is 0 Å². The van der Waals surface area contributed by atoms with Gasteiger partial charge in [0, 0.05) is 25.8 Å². The fourth-order valence-corrected chi connectivity index (χ4v) is 4.90. The average Bonchev–Trinajstić information content (AvgIpc) is 3.00. The summed E-state index contributed by atoms with van der Waals surface area (Å²) in [5.74, 6) is 0.161. The van der Waals surface area contributed by atoms with Gasteiger partial charge in [0.1, 0.15) is 0 Å². The Morgan fingerprint density at radius 3 is 2.77 bits per heavy atom. The maximum absolute atomic E-state index is 12.5. The lowest BCUT2D eigenvalue weighted by atomic mass is 10.1. The number of aromatic nitrogens is 1. The van der Waals surface area contributed by atoms with Crippen molar-refractivity contribution >= 4 is 21.4 Å². The van der Waals surface area contributed by atoms with Crippen molar-refractivity contribution in [2.75, 3.05) is 23.5 Å². The first-order valence-electron chi connectivity index (χ1n) is 8.57. The van der Waals surface area contributed by atoms with Crippen LogP contribution in [0.5, 0.6) is 0 Å². The van der Waals surface area contributed by atoms with Gasteiger partial charge in [-0.1, -0.05) is 24.3 Å². The van der Waals surface area contributed by atoms with E-state index >= 15 is 0 Å². The molecule has 1 fully saturated rings. The van der Waals surface area contributed by atoms with E-state index in [9.17, 15) is 13.2 Å². The minimum atomic E-state index is -2.96. The summed E-state index contributed by atoms with van der Waals surface area (Å²) in [5.41, 5.74) is 3.40. The second-order valence-electron chi connectivity index (χ2n) is 6.71. The van der Waals surface area contributed by atoms with E-state index in [2.05, 4.69) is 10.3 Å². The number of hydrogen-bond donors (Lipinski definition) is 1. The lowest BCUT2D eigenvalue weighted by molar-refractivity contribution is 0.0950. The molecule has 1 aromatic carbocycles. The van der Waals surface area contributed by atoms with Crippen LogP contribution >= 0.6 is 0 Å². The molecule has 0 aliphatic carbocycles. The summed E-state index contributed by atoms with van der Waals surface area (Å²) >= 11 is 0. The first kappa shape index (κ1) is 18.4. The number of hydrogen-bond acceptors (Lipinski definition) is 5. The minimum Gasteiger partial charge on any atom is -0.369 e. The van der Waals surface area contributed by atoms with Crippen LogP contribution in [0.15, 0.2) is 42.7 Å². The van der Waals surface area contributed by atoms with Crippen LogP contribution < -0.4 is 10.2 Å². The van der Waals surface area contributed by atoms with E-state index in [0.29, 0.717) is 18.5 Å². The molecule has 1 aromatic heterocycles. The minimum absolute atomic E-state index is 0.0768. The number of aryl methyl sites for hydroxylation is 1. The van der Waals surface area contributed by atoms with Gasteiger partial charge in [-0.3, -0.25) is 9.78 Å². The number of carbonyl (C=O) groups is 1. The second-order valence-corrected chi connectivity index (χ2v) is 8.94. The van der Waals surface area contributed by atoms with E-state index in [-0.39, 0.29) is 23.5 Å². The fraction of sp³-hybridized carbons (Fsp3) is 0.368. The Bertz CT molecular complexity index is 912. The fourth-order valence-electron chi connectivity index (χ4n) is 3.12. The highest BCUT2D eigenvalue weighted by Gasteiger charge is 2.31. The molecule has 0 spiro atoms. The zero-order valence-corrected chi connectivity index (χ0v) is 15.8. The van der Waals surface area contributed by atoms with Crippen LogP contribution in [0, 0.1) is 6.92 Å². The third kappa shape index (κ3) is 4.22. The second kappa shape index (κ2) is 7.45. The number of benzene rings is 1. The van der Waals surface area contributed by atoms with Crippen LogP contribution in [0.4, 0.5) is 5.69 Å². The molecule has 3 rings (SSSR count). The van der Waals surface area contributed by atoms with Crippen molar-refractivity contribution in [3.05, 3.63) is 59.4 Å². The van der Waals surface area contributed by atoms with Gasteiger partial charge in [-0.2, -0.15) is 0 Å². The van der Waals surface area contributed by atoms with Gasteiger partial charge in [0.25, 0.3) is 5.91 Å². The molecule has 1 aliphatic heterocycles. The summed E-state index contributed by atoms with van der Waals surface area (Å²) in [6, 6.07) is 9.58. The van der Waals surface area contributed by atoms with Crippen LogP contribution in [-0.2, 0) is 16.4 Å². The largest absolute Gasteiger partial charge is 0.369 e. The lowest BCUT2D eigenvalue weighted by Gasteiger charge is -2.25. The molecule has 1 unspecified atom stereocenters. The maximum atomic E-state index is 12.5. The third-order valence-corrected chi connectivity index (χ3v) is 6.60. The lowest BCUT2D eigenvalue weighted by Crippen LogP contribution is -2.33. The zero-order valence-electron chi connectivity index (χ0n) is 15.0. The Balaban J connectivity index is 1.68. The van der Waals surface area contributed by atoms with E-state index < -0.39 is 9.84 Å². The molecule has 1 amide bonds. The monoisotopic (exact) mass is 373 g/mol. The molecule has 0 bridgehead atoms. The standard InChI is InChI=1S/C19H23N3O3S/c1-14-5-3-4-6-15(14)11-21-19(23)16-9-18(12-20-10-16)22(2)17-7-8-26(24,25)13-17/h3-6,9-10,12,17H,7-8,11,13H2,1-2H3,(H,21,23). The number of sulfone groups is 1. The van der Waals surface area contributed by atoms with Crippen molar-refractivity contribution in [2.24, 2.45) is 0 Å². The van der Waals surface area contributed by atoms with E-state index in [1.807, 2.05) is 43.1 Å². The van der Waals surface area contributed by atoms with Gasteiger partial charge in [0.05, 0.1) is 29.0 Å². The van der Waals surface area contributed by atoms with Crippen molar-refractivity contribution in [3.63, 3.8) is 0 Å². The molecule has 2 heterocycles. The van der Waals surface area contributed by atoms with E-state index in [4.69, 9.17) is 0 Å². The van der Waals surface area contributed by atoms with Crippen LogP contribution in [0.1, 0.15) is 27.9 Å². The van der Waals surface area contributed by atoms with E-state index in [1.165, 1.54) is 6.20 Å². The number of carbonyl (C=O) groups excluding carboxylic acids is 1. The number of amides is 1. The number of rotatable bonds is 5. The van der Waals surface area contributed by atoms with Crippen LogP contribution in [0.3, 0.4) is 0 Å². The molecular formula is C19H23N3O3S. The van der Waals surface area contributed by atoms with Crippen molar-refractivity contribution in [3.8, 4) is 0 Å². The van der Waals surface area contributed by atoms with Gasteiger partial charge in [-0.25, -0.2) is 8.42 Å². The predicted molar refractivity (Wildman–Crippen MR) is 102 cm³/mol. The van der Waals surface area contributed by atoms with Gasteiger partial charge < -0.3 is 10.2 Å². The molecule has 1 saturated heterocycles. The van der Waals surface area contributed by atoms with Crippen molar-refractivity contribution in [2.45, 2.75) is 25.9 Å². The molecular weight excluding hydrogens is 350 g/mol. The summed E-state index contributed by atoms with van der Waals surface area (Å²) in [6.45, 7) is 2.46. The third-order valence-electron chi connectivity index (χ3n) is 4.85. The average molecular weight is 373 g/mol. The van der Waals surface area contributed by atoms with Gasteiger partial charge >= 0.3 is 0 Å². The van der Waals surface area contributed by atoms with Crippen molar-refractivity contribution in [1.29, 1.82) is 0 Å². The Hall–Kier alpha value is -2.41. The SMILES string of the molecule is Cc1ccccc1CNC(=O)c1cncc(N(C)C2CCS(=O)(=O)C2)c1. The highest BCUT2D eigenvalue weighted by atomic mass is 32.2. The molecule has 6 nitrogen and oxygen atoms in total. The van der Waals surface area contributed by atoms with Crippen LogP contribution in [-0.4, -0.2) is 43.9 Å². The molecule has 0 saturated carbocycles. The van der Waals surface area contributed by atoms with Crippen molar-refractivity contribution in [1.82, 2.24) is 10.3 Å². The molecule has 138 valence electrons. The molecule has 1 atom stereocenters. The normalized spacial score (nSPS) is 18.5. The number of anilines is 1. The molecule has 2 aromatic rings. The van der Waals surface area contributed by atoms with Gasteiger partial charge in [-0.05, 0) is 30.5 Å². The summed E-state index contributed by atoms with van der Waals surface area (Å²) in [4.78, 5) is 18.5. The smallest absolute Gasteiger partial charge is 0.253 e. The Kier molecular flexibility index (Phi) is 5.27. The Morgan fingerprint density at radius 2 is 2.08 bits per heavy atom. The highest BCUT2D eigenvalue weighted by molar-refractivity contribution is 7.91.